The van der Waals surface area contributed by atoms with Gasteiger partial charge in [0.05, 0.1) is 4.88 Å². The molecule has 0 spiro atoms. The van der Waals surface area contributed by atoms with Crippen LogP contribution in [0.4, 0.5) is 0 Å². The largest absolute Gasteiger partial charge is 0.446 e. The average Bonchev–Trinajstić information content (AvgIpc) is 3.12. The number of rotatable bonds is 6. The molecule has 0 aliphatic carbocycles. The molecule has 0 radical (unpaired) electrons. The minimum absolute atomic E-state index is 0.305. The summed E-state index contributed by atoms with van der Waals surface area (Å²) in [6.45, 7) is -0.305. The summed E-state index contributed by atoms with van der Waals surface area (Å²) in [5.74, 6) is -1.37. The number of likely N-dealkylation sites (N-methyl/N-ethyl adjacent to an activating group) is 1. The SMILES string of the molecule is CN(C)C(=O)[C@@H](OC(=O)CNC(=O)c1cccs1)c1ccccc1. The number of carbonyl (C=O) groups excluding carboxylic acids is 3. The summed E-state index contributed by atoms with van der Waals surface area (Å²) in [5, 5.41) is 4.25. The monoisotopic (exact) mass is 346 g/mol. The van der Waals surface area contributed by atoms with Crippen molar-refractivity contribution in [2.45, 2.75) is 6.10 Å². The summed E-state index contributed by atoms with van der Waals surface area (Å²) >= 11 is 1.28. The van der Waals surface area contributed by atoms with Gasteiger partial charge in [-0.2, -0.15) is 0 Å². The first-order valence-electron chi connectivity index (χ1n) is 7.26. The van der Waals surface area contributed by atoms with Gasteiger partial charge in [0.25, 0.3) is 11.8 Å². The number of nitrogens with zero attached hydrogens (tertiary/aromatic N) is 1. The van der Waals surface area contributed by atoms with E-state index in [2.05, 4.69) is 5.32 Å². The third-order valence-electron chi connectivity index (χ3n) is 3.15. The zero-order valence-electron chi connectivity index (χ0n) is 13.4. The predicted octanol–water partition coefficient (Wildman–Crippen LogP) is 1.85. The average molecular weight is 346 g/mol. The Bertz CT molecular complexity index is 699. The highest BCUT2D eigenvalue weighted by Crippen LogP contribution is 2.19. The maximum Gasteiger partial charge on any atom is 0.326 e. The highest BCUT2D eigenvalue weighted by Gasteiger charge is 2.26. The topological polar surface area (TPSA) is 75.7 Å². The van der Waals surface area contributed by atoms with Gasteiger partial charge in [-0.3, -0.25) is 14.4 Å². The Morgan fingerprint density at radius 3 is 2.42 bits per heavy atom. The molecule has 0 aliphatic rings. The van der Waals surface area contributed by atoms with E-state index in [1.807, 2.05) is 6.07 Å². The second-order valence-electron chi connectivity index (χ2n) is 5.17. The summed E-state index contributed by atoms with van der Waals surface area (Å²) in [6.07, 6.45) is -1.03. The summed E-state index contributed by atoms with van der Waals surface area (Å²) in [4.78, 5) is 38.0. The maximum absolute atomic E-state index is 12.3. The van der Waals surface area contributed by atoms with Gasteiger partial charge in [-0.1, -0.05) is 36.4 Å². The van der Waals surface area contributed by atoms with Gasteiger partial charge in [0.15, 0.2) is 0 Å². The molecule has 1 aromatic heterocycles. The molecule has 126 valence electrons. The summed E-state index contributed by atoms with van der Waals surface area (Å²) in [7, 11) is 3.18. The van der Waals surface area contributed by atoms with Gasteiger partial charge in [0, 0.05) is 19.7 Å². The van der Waals surface area contributed by atoms with Crippen LogP contribution in [0.2, 0.25) is 0 Å². The molecule has 0 bridgehead atoms. The van der Waals surface area contributed by atoms with Crippen LogP contribution in [-0.4, -0.2) is 43.3 Å². The maximum atomic E-state index is 12.3. The predicted molar refractivity (Wildman–Crippen MR) is 90.6 cm³/mol. The zero-order valence-corrected chi connectivity index (χ0v) is 14.2. The van der Waals surface area contributed by atoms with Crippen LogP contribution in [0.25, 0.3) is 0 Å². The Morgan fingerprint density at radius 2 is 1.83 bits per heavy atom. The summed E-state index contributed by atoms with van der Waals surface area (Å²) in [6, 6.07) is 12.2. The number of nitrogens with one attached hydrogen (secondary N) is 1. The van der Waals surface area contributed by atoms with Crippen LogP contribution >= 0.6 is 11.3 Å². The van der Waals surface area contributed by atoms with Crippen molar-refractivity contribution in [3.8, 4) is 0 Å². The van der Waals surface area contributed by atoms with Crippen LogP contribution in [0.15, 0.2) is 47.8 Å². The van der Waals surface area contributed by atoms with Crippen LogP contribution < -0.4 is 5.32 Å². The lowest BCUT2D eigenvalue weighted by atomic mass is 10.1. The van der Waals surface area contributed by atoms with Crippen LogP contribution in [0.5, 0.6) is 0 Å². The van der Waals surface area contributed by atoms with Crippen molar-refractivity contribution in [2.24, 2.45) is 0 Å². The quantitative estimate of drug-likeness (QED) is 0.810. The lowest BCUT2D eigenvalue weighted by molar-refractivity contribution is -0.158. The number of thiophene rings is 1. The molecule has 1 N–H and O–H groups in total. The molecule has 2 amide bonds. The number of benzene rings is 1. The Labute approximate surface area is 144 Å². The van der Waals surface area contributed by atoms with Gasteiger partial charge in [-0.05, 0) is 11.4 Å². The number of hydrogen-bond donors (Lipinski definition) is 1. The molecule has 0 saturated carbocycles. The lowest BCUT2D eigenvalue weighted by Crippen LogP contribution is -2.35. The molecule has 0 saturated heterocycles. The number of esters is 1. The van der Waals surface area contributed by atoms with E-state index < -0.39 is 12.1 Å². The smallest absolute Gasteiger partial charge is 0.326 e. The van der Waals surface area contributed by atoms with Gasteiger partial charge in [-0.25, -0.2) is 0 Å². The standard InChI is InChI=1S/C17H18N2O4S/c1-19(2)17(22)15(12-7-4-3-5-8-12)23-14(20)11-18-16(21)13-9-6-10-24-13/h3-10,15H,11H2,1-2H3,(H,18,21)/t15-/m0/s1. The number of amides is 2. The van der Waals surface area contributed by atoms with E-state index in [1.165, 1.54) is 16.2 Å². The van der Waals surface area contributed by atoms with E-state index in [4.69, 9.17) is 4.74 Å². The van der Waals surface area contributed by atoms with Gasteiger partial charge >= 0.3 is 5.97 Å². The van der Waals surface area contributed by atoms with Crippen LogP contribution in [0, 0.1) is 0 Å². The fourth-order valence-electron chi connectivity index (χ4n) is 1.94. The molecule has 7 heteroatoms. The van der Waals surface area contributed by atoms with Gasteiger partial charge in [0.2, 0.25) is 6.10 Å². The second-order valence-corrected chi connectivity index (χ2v) is 6.12. The van der Waals surface area contributed by atoms with Crippen molar-refractivity contribution in [3.63, 3.8) is 0 Å². The van der Waals surface area contributed by atoms with Crippen molar-refractivity contribution in [3.05, 3.63) is 58.3 Å². The fraction of sp³-hybridized carbons (Fsp3) is 0.235. The number of hydrogen-bond acceptors (Lipinski definition) is 5. The lowest BCUT2D eigenvalue weighted by Gasteiger charge is -2.21. The van der Waals surface area contributed by atoms with E-state index in [-0.39, 0.29) is 18.4 Å². The van der Waals surface area contributed by atoms with Gasteiger partial charge in [-0.15, -0.1) is 11.3 Å². The Hall–Kier alpha value is -2.67. The van der Waals surface area contributed by atoms with Crippen LogP contribution in [0.1, 0.15) is 21.3 Å². The third kappa shape index (κ3) is 4.66. The minimum atomic E-state index is -1.03. The first-order valence-corrected chi connectivity index (χ1v) is 8.14. The Balaban J connectivity index is 2.00. The normalized spacial score (nSPS) is 11.4. The Kier molecular flexibility index (Phi) is 6.08. The molecule has 2 rings (SSSR count). The van der Waals surface area contributed by atoms with E-state index in [1.54, 1.807) is 55.9 Å². The first kappa shape index (κ1) is 17.7. The molecule has 1 aromatic carbocycles. The van der Waals surface area contributed by atoms with Gasteiger partial charge in [0.1, 0.15) is 6.54 Å². The first-order chi connectivity index (χ1) is 11.5. The fourth-order valence-corrected chi connectivity index (χ4v) is 2.58. The van der Waals surface area contributed by atoms with Crippen LogP contribution in [-0.2, 0) is 14.3 Å². The molecule has 0 aliphatic heterocycles. The van der Waals surface area contributed by atoms with E-state index in [0.29, 0.717) is 10.4 Å². The molecule has 1 atom stereocenters. The van der Waals surface area contributed by atoms with Crippen molar-refractivity contribution in [2.75, 3.05) is 20.6 Å². The van der Waals surface area contributed by atoms with Crippen LogP contribution in [0.3, 0.4) is 0 Å². The van der Waals surface area contributed by atoms with E-state index in [0.717, 1.165) is 0 Å². The summed E-state index contributed by atoms with van der Waals surface area (Å²) < 4.78 is 5.29. The molecule has 6 nitrogen and oxygen atoms in total. The van der Waals surface area contributed by atoms with Crippen molar-refractivity contribution >= 4 is 29.1 Å². The Morgan fingerprint density at radius 1 is 1.12 bits per heavy atom. The van der Waals surface area contributed by atoms with Crippen molar-refractivity contribution in [1.82, 2.24) is 10.2 Å². The molecule has 0 fully saturated rings. The van der Waals surface area contributed by atoms with Crippen molar-refractivity contribution < 1.29 is 19.1 Å². The molecule has 1 heterocycles. The third-order valence-corrected chi connectivity index (χ3v) is 4.02. The van der Waals surface area contributed by atoms with Crippen molar-refractivity contribution in [1.29, 1.82) is 0 Å². The molecule has 2 aromatic rings. The second kappa shape index (κ2) is 8.26. The minimum Gasteiger partial charge on any atom is -0.446 e. The molecular formula is C17H18N2O4S. The highest BCUT2D eigenvalue weighted by molar-refractivity contribution is 7.12. The number of ether oxygens (including phenoxy) is 1. The van der Waals surface area contributed by atoms with E-state index in [9.17, 15) is 14.4 Å². The molecule has 24 heavy (non-hydrogen) atoms. The number of carbonyl (C=O) groups is 3. The molecule has 0 unspecified atom stereocenters. The van der Waals surface area contributed by atoms with E-state index >= 15 is 0 Å². The van der Waals surface area contributed by atoms with Gasteiger partial charge < -0.3 is 15.0 Å². The molecular weight excluding hydrogens is 328 g/mol. The zero-order chi connectivity index (χ0) is 17.5. The summed E-state index contributed by atoms with van der Waals surface area (Å²) in [5.41, 5.74) is 0.578. The highest BCUT2D eigenvalue weighted by atomic mass is 32.1.